The number of aliphatic carboxylic acids is 1. The van der Waals surface area contributed by atoms with Crippen molar-refractivity contribution in [3.63, 3.8) is 0 Å². The highest BCUT2D eigenvalue weighted by Crippen LogP contribution is 2.27. The van der Waals surface area contributed by atoms with Gasteiger partial charge in [0, 0.05) is 24.5 Å². The van der Waals surface area contributed by atoms with Crippen LogP contribution in [0.15, 0.2) is 16.3 Å². The van der Waals surface area contributed by atoms with E-state index in [1.54, 1.807) is 6.07 Å². The van der Waals surface area contributed by atoms with Gasteiger partial charge in [-0.1, -0.05) is 6.42 Å². The number of carboxylic acid groups (broad SMARTS) is 1. The molecule has 1 saturated heterocycles. The van der Waals surface area contributed by atoms with Crippen LogP contribution in [-0.4, -0.2) is 49.3 Å². The van der Waals surface area contributed by atoms with E-state index in [2.05, 4.69) is 5.32 Å². The van der Waals surface area contributed by atoms with Crippen molar-refractivity contribution in [3.8, 4) is 0 Å². The largest absolute Gasteiger partial charge is 0.481 e. The Hall–Kier alpha value is -1.45. The van der Waals surface area contributed by atoms with Gasteiger partial charge in [0.25, 0.3) is 10.0 Å². The molecule has 2 N–H and O–H groups in total. The van der Waals surface area contributed by atoms with Crippen LogP contribution in [0.1, 0.15) is 30.6 Å². The van der Waals surface area contributed by atoms with E-state index in [1.165, 1.54) is 10.4 Å². The minimum absolute atomic E-state index is 0.0554. The Morgan fingerprint density at radius 2 is 1.91 bits per heavy atom. The number of hydrogen-bond donors (Lipinski definition) is 2. The lowest BCUT2D eigenvalue weighted by Gasteiger charge is -2.25. The summed E-state index contributed by atoms with van der Waals surface area (Å²) in [4.78, 5) is 22.7. The molecule has 0 aliphatic carbocycles. The third-order valence-electron chi connectivity index (χ3n) is 3.54. The van der Waals surface area contributed by atoms with Crippen molar-refractivity contribution in [2.75, 3.05) is 19.6 Å². The number of carbonyl (C=O) groups is 2. The molecule has 0 unspecified atom stereocenters. The van der Waals surface area contributed by atoms with Crippen molar-refractivity contribution in [1.29, 1.82) is 0 Å². The zero-order chi connectivity index (χ0) is 16.9. The maximum Gasteiger partial charge on any atom is 0.305 e. The molecule has 2 rings (SSSR count). The number of nitrogens with one attached hydrogen (secondary N) is 1. The van der Waals surface area contributed by atoms with Crippen LogP contribution in [0.25, 0.3) is 0 Å². The van der Waals surface area contributed by atoms with Crippen molar-refractivity contribution < 1.29 is 23.1 Å². The number of piperidine rings is 1. The molecule has 1 aromatic heterocycles. The fraction of sp³-hybridized carbons (Fsp3) is 0.571. The summed E-state index contributed by atoms with van der Waals surface area (Å²) in [7, 11) is -3.46. The predicted octanol–water partition coefficient (Wildman–Crippen LogP) is 1.06. The Bertz CT molecular complexity index is 662. The molecule has 1 amide bonds. The van der Waals surface area contributed by atoms with Gasteiger partial charge in [0.15, 0.2) is 0 Å². The van der Waals surface area contributed by atoms with Crippen LogP contribution in [-0.2, 0) is 26.0 Å². The van der Waals surface area contributed by atoms with Crippen molar-refractivity contribution in [1.82, 2.24) is 9.62 Å². The second-order valence-electron chi connectivity index (χ2n) is 5.36. The molecule has 0 spiro atoms. The molecule has 0 bridgehead atoms. The summed E-state index contributed by atoms with van der Waals surface area (Å²) in [5.41, 5.74) is 0. The maximum absolute atomic E-state index is 12.5. The van der Waals surface area contributed by atoms with Crippen LogP contribution in [0.2, 0.25) is 0 Å². The summed E-state index contributed by atoms with van der Waals surface area (Å²) >= 11 is 1.09. The first-order valence-electron chi connectivity index (χ1n) is 7.47. The van der Waals surface area contributed by atoms with Crippen LogP contribution in [0.4, 0.5) is 0 Å². The Kier molecular flexibility index (Phi) is 6.14. The predicted molar refractivity (Wildman–Crippen MR) is 85.9 cm³/mol. The molecule has 7 nitrogen and oxygen atoms in total. The Labute approximate surface area is 139 Å². The van der Waals surface area contributed by atoms with Gasteiger partial charge in [0.2, 0.25) is 5.91 Å². The highest BCUT2D eigenvalue weighted by atomic mass is 32.2. The molecule has 0 saturated carbocycles. The van der Waals surface area contributed by atoms with E-state index in [0.717, 1.165) is 30.6 Å². The van der Waals surface area contributed by atoms with Gasteiger partial charge >= 0.3 is 5.97 Å². The summed E-state index contributed by atoms with van der Waals surface area (Å²) in [6.45, 7) is 1.16. The summed E-state index contributed by atoms with van der Waals surface area (Å²) < 4.78 is 26.8. The second-order valence-corrected chi connectivity index (χ2v) is 8.69. The lowest BCUT2D eigenvalue weighted by molar-refractivity contribution is -0.136. The normalized spacial score (nSPS) is 16.2. The molecule has 1 fully saturated rings. The molecule has 0 atom stereocenters. The minimum Gasteiger partial charge on any atom is -0.481 e. The number of thiophene rings is 1. The topological polar surface area (TPSA) is 104 Å². The number of carboxylic acids is 1. The molecule has 1 aliphatic heterocycles. The molecule has 128 valence electrons. The summed E-state index contributed by atoms with van der Waals surface area (Å²) in [6, 6.07) is 3.17. The number of nitrogens with zero attached hydrogens (tertiary/aromatic N) is 1. The zero-order valence-electron chi connectivity index (χ0n) is 12.7. The van der Waals surface area contributed by atoms with Crippen molar-refractivity contribution in [3.05, 3.63) is 17.0 Å². The van der Waals surface area contributed by atoms with E-state index in [9.17, 15) is 18.0 Å². The smallest absolute Gasteiger partial charge is 0.305 e. The van der Waals surface area contributed by atoms with Gasteiger partial charge in [-0.3, -0.25) is 9.59 Å². The van der Waals surface area contributed by atoms with E-state index in [1.807, 2.05) is 0 Å². The Morgan fingerprint density at radius 1 is 1.22 bits per heavy atom. The van der Waals surface area contributed by atoms with Gasteiger partial charge in [0.1, 0.15) is 4.21 Å². The van der Waals surface area contributed by atoms with Crippen LogP contribution in [0, 0.1) is 0 Å². The van der Waals surface area contributed by atoms with Crippen molar-refractivity contribution in [2.24, 2.45) is 0 Å². The lowest BCUT2D eigenvalue weighted by atomic mass is 10.2. The molecular formula is C14H20N2O5S2. The molecule has 23 heavy (non-hydrogen) atoms. The third-order valence-corrected chi connectivity index (χ3v) is 6.99. The van der Waals surface area contributed by atoms with E-state index < -0.39 is 16.0 Å². The fourth-order valence-electron chi connectivity index (χ4n) is 2.35. The molecule has 9 heteroatoms. The first kappa shape index (κ1) is 17.9. The quantitative estimate of drug-likeness (QED) is 0.756. The Balaban J connectivity index is 1.94. The second kappa shape index (κ2) is 7.89. The monoisotopic (exact) mass is 360 g/mol. The van der Waals surface area contributed by atoms with Crippen molar-refractivity contribution >= 4 is 33.2 Å². The standard InChI is InChI=1S/C14H20N2O5S2/c17-12(15-7-6-13(18)19)10-11-4-5-14(22-11)23(20,21)16-8-2-1-3-9-16/h4-5H,1-3,6-10H2,(H,15,17)(H,18,19). The molecule has 1 aromatic rings. The zero-order valence-corrected chi connectivity index (χ0v) is 14.3. The number of rotatable bonds is 7. The van der Waals surface area contributed by atoms with E-state index in [0.29, 0.717) is 18.0 Å². The highest BCUT2D eigenvalue weighted by molar-refractivity contribution is 7.91. The van der Waals surface area contributed by atoms with Crippen LogP contribution in [0.3, 0.4) is 0 Å². The molecule has 0 radical (unpaired) electrons. The molecule has 0 aromatic carbocycles. The fourth-order valence-corrected chi connectivity index (χ4v) is 5.38. The van der Waals surface area contributed by atoms with Crippen molar-refractivity contribution in [2.45, 2.75) is 36.3 Å². The summed E-state index contributed by atoms with van der Waals surface area (Å²) in [5, 5.41) is 11.0. The van der Waals surface area contributed by atoms with Crippen LogP contribution in [0.5, 0.6) is 0 Å². The highest BCUT2D eigenvalue weighted by Gasteiger charge is 2.27. The van der Waals surface area contributed by atoms with Gasteiger partial charge in [-0.05, 0) is 25.0 Å². The number of amides is 1. The van der Waals surface area contributed by atoms with Gasteiger partial charge in [-0.25, -0.2) is 8.42 Å². The molecular weight excluding hydrogens is 340 g/mol. The first-order valence-corrected chi connectivity index (χ1v) is 9.72. The molecule has 2 heterocycles. The minimum atomic E-state index is -3.46. The first-order chi connectivity index (χ1) is 10.9. The van der Waals surface area contributed by atoms with Crippen LogP contribution < -0.4 is 5.32 Å². The third kappa shape index (κ3) is 5.02. The van der Waals surface area contributed by atoms with Gasteiger partial charge in [-0.15, -0.1) is 11.3 Å². The average Bonchev–Trinajstić information content (AvgIpc) is 2.97. The lowest BCUT2D eigenvalue weighted by Crippen LogP contribution is -2.35. The van der Waals surface area contributed by atoms with Gasteiger partial charge < -0.3 is 10.4 Å². The van der Waals surface area contributed by atoms with Crippen LogP contribution >= 0.6 is 11.3 Å². The van der Waals surface area contributed by atoms with E-state index in [-0.39, 0.29) is 29.5 Å². The Morgan fingerprint density at radius 3 is 2.57 bits per heavy atom. The number of hydrogen-bond acceptors (Lipinski definition) is 5. The van der Waals surface area contributed by atoms with E-state index in [4.69, 9.17) is 5.11 Å². The number of carbonyl (C=O) groups excluding carboxylic acids is 1. The maximum atomic E-state index is 12.5. The molecule has 1 aliphatic rings. The van der Waals surface area contributed by atoms with E-state index >= 15 is 0 Å². The average molecular weight is 360 g/mol. The number of sulfonamides is 1. The van der Waals surface area contributed by atoms with Gasteiger partial charge in [0.05, 0.1) is 12.8 Å². The SMILES string of the molecule is O=C(O)CCNC(=O)Cc1ccc(S(=O)(=O)N2CCCCC2)s1. The van der Waals surface area contributed by atoms with Gasteiger partial charge in [-0.2, -0.15) is 4.31 Å². The summed E-state index contributed by atoms with van der Waals surface area (Å²) in [5.74, 6) is -1.29. The summed E-state index contributed by atoms with van der Waals surface area (Å²) in [6.07, 6.45) is 2.73.